The number of benzene rings is 1. The summed E-state index contributed by atoms with van der Waals surface area (Å²) >= 11 is 5.94. The van der Waals surface area contributed by atoms with Gasteiger partial charge in [0.15, 0.2) is 0 Å². The summed E-state index contributed by atoms with van der Waals surface area (Å²) in [5.41, 5.74) is -3.06. The fourth-order valence-electron chi connectivity index (χ4n) is 3.72. The van der Waals surface area contributed by atoms with Crippen LogP contribution in [0.2, 0.25) is 5.02 Å². The van der Waals surface area contributed by atoms with E-state index in [4.69, 9.17) is 11.6 Å². The fraction of sp³-hybridized carbons (Fsp3) is 0.476. The van der Waals surface area contributed by atoms with Crippen molar-refractivity contribution in [3.63, 3.8) is 0 Å². The van der Waals surface area contributed by atoms with E-state index in [9.17, 15) is 37.1 Å². The van der Waals surface area contributed by atoms with Gasteiger partial charge < -0.3 is 21.3 Å². The number of Topliss-reactive ketones (excluding diaryl/α,β-unsaturated/α-hetero) is 1. The monoisotopic (exact) mass is 502 g/mol. The van der Waals surface area contributed by atoms with Gasteiger partial charge >= 0.3 is 6.18 Å². The highest BCUT2D eigenvalue weighted by Gasteiger charge is 2.68. The third-order valence-electron chi connectivity index (χ3n) is 5.96. The Bertz CT molecular complexity index is 1040. The summed E-state index contributed by atoms with van der Waals surface area (Å²) in [7, 11) is 1.22. The molecule has 0 bridgehead atoms. The Hall–Kier alpha value is -3.15. The molecule has 13 heteroatoms. The molecule has 34 heavy (non-hydrogen) atoms. The Morgan fingerprint density at radius 3 is 2.44 bits per heavy atom. The van der Waals surface area contributed by atoms with Crippen LogP contribution in [0.3, 0.4) is 0 Å². The molecule has 1 saturated carbocycles. The molecule has 9 nitrogen and oxygen atoms in total. The lowest BCUT2D eigenvalue weighted by molar-refractivity contribution is -0.189. The van der Waals surface area contributed by atoms with E-state index < -0.39 is 47.1 Å². The SMILES string of the molecule is CNC(=O)C(=O)C(C[C@@H]1CCNC1=O)NC(=O)c1cc(Cl)ccc1NC(=O)C1(C(F)(F)F)CC1. The average Bonchev–Trinajstić information content (AvgIpc) is 3.52. The zero-order valence-corrected chi connectivity index (χ0v) is 18.7. The topological polar surface area (TPSA) is 133 Å². The second-order valence-corrected chi connectivity index (χ2v) is 8.64. The molecule has 0 radical (unpaired) electrons. The normalized spacial score (nSPS) is 19.6. The van der Waals surface area contributed by atoms with Crippen molar-refractivity contribution in [2.45, 2.75) is 37.9 Å². The zero-order valence-electron chi connectivity index (χ0n) is 18.0. The number of anilines is 1. The van der Waals surface area contributed by atoms with Crippen LogP contribution in [-0.2, 0) is 19.2 Å². The van der Waals surface area contributed by atoms with Crippen molar-refractivity contribution in [3.05, 3.63) is 28.8 Å². The van der Waals surface area contributed by atoms with Gasteiger partial charge in [0.2, 0.25) is 17.6 Å². The minimum absolute atomic E-state index is 0.0458. The Morgan fingerprint density at radius 1 is 1.24 bits per heavy atom. The highest BCUT2D eigenvalue weighted by molar-refractivity contribution is 6.38. The lowest BCUT2D eigenvalue weighted by Gasteiger charge is -2.22. The number of rotatable bonds is 8. The van der Waals surface area contributed by atoms with Gasteiger partial charge in [-0.1, -0.05) is 11.6 Å². The Morgan fingerprint density at radius 2 is 1.91 bits per heavy atom. The first kappa shape index (κ1) is 25.5. The van der Waals surface area contributed by atoms with Gasteiger partial charge in [-0.15, -0.1) is 0 Å². The molecule has 2 aliphatic rings. The van der Waals surface area contributed by atoms with Crippen LogP contribution in [0.5, 0.6) is 0 Å². The first-order valence-electron chi connectivity index (χ1n) is 10.4. The van der Waals surface area contributed by atoms with E-state index in [0.717, 1.165) is 6.07 Å². The van der Waals surface area contributed by atoms with E-state index in [1.54, 1.807) is 0 Å². The number of alkyl halides is 3. The number of amides is 4. The average molecular weight is 503 g/mol. The Labute approximate surface area is 197 Å². The molecule has 2 atom stereocenters. The summed E-state index contributed by atoms with van der Waals surface area (Å²) in [5.74, 6) is -5.23. The van der Waals surface area contributed by atoms with Crippen molar-refractivity contribution >= 4 is 46.7 Å². The predicted octanol–water partition coefficient (Wildman–Crippen LogP) is 1.56. The maximum atomic E-state index is 13.3. The van der Waals surface area contributed by atoms with Crippen molar-refractivity contribution < 1.29 is 37.1 Å². The molecule has 1 aromatic rings. The smallest absolute Gasteiger partial charge is 0.356 e. The highest BCUT2D eigenvalue weighted by Crippen LogP contribution is 2.58. The van der Waals surface area contributed by atoms with Crippen molar-refractivity contribution in [2.24, 2.45) is 11.3 Å². The third kappa shape index (κ3) is 5.16. The van der Waals surface area contributed by atoms with Crippen molar-refractivity contribution in [2.75, 3.05) is 18.9 Å². The molecule has 1 heterocycles. The van der Waals surface area contributed by atoms with Crippen LogP contribution in [0.1, 0.15) is 36.0 Å². The molecule has 0 aromatic heterocycles. The van der Waals surface area contributed by atoms with Gasteiger partial charge in [0.25, 0.3) is 11.8 Å². The molecule has 1 aliphatic heterocycles. The maximum absolute atomic E-state index is 13.3. The van der Waals surface area contributed by atoms with E-state index in [1.807, 2.05) is 0 Å². The minimum Gasteiger partial charge on any atom is -0.356 e. The summed E-state index contributed by atoms with van der Waals surface area (Å²) in [4.78, 5) is 61.8. The summed E-state index contributed by atoms with van der Waals surface area (Å²) < 4.78 is 39.9. The summed E-state index contributed by atoms with van der Waals surface area (Å²) in [6, 6.07) is 2.16. The van der Waals surface area contributed by atoms with Gasteiger partial charge in [0, 0.05) is 24.5 Å². The Balaban J connectivity index is 1.84. The second-order valence-electron chi connectivity index (χ2n) is 8.21. The number of likely N-dealkylation sites (N-methyl/N-ethyl adjacent to an activating group) is 1. The number of hydrogen-bond donors (Lipinski definition) is 4. The van der Waals surface area contributed by atoms with Crippen LogP contribution in [0, 0.1) is 11.3 Å². The predicted molar refractivity (Wildman–Crippen MR) is 114 cm³/mol. The highest BCUT2D eigenvalue weighted by atomic mass is 35.5. The molecule has 3 rings (SSSR count). The molecule has 4 N–H and O–H groups in total. The fourth-order valence-corrected chi connectivity index (χ4v) is 3.90. The molecule has 1 aliphatic carbocycles. The lowest BCUT2D eigenvalue weighted by atomic mass is 9.95. The van der Waals surface area contributed by atoms with E-state index in [0.29, 0.717) is 13.0 Å². The molecule has 1 saturated heterocycles. The summed E-state index contributed by atoms with van der Waals surface area (Å²) in [6.45, 7) is 0.379. The van der Waals surface area contributed by atoms with Gasteiger partial charge in [0.1, 0.15) is 5.41 Å². The number of hydrogen-bond acceptors (Lipinski definition) is 5. The standard InChI is InChI=1S/C21H22ClF3N4O5/c1-26-18(33)15(30)14(8-10-4-7-27-16(10)31)28-17(32)12-9-11(22)2-3-13(12)29-19(34)20(5-6-20)21(23,24)25/h2-3,9-10,14H,4-8H2,1H3,(H,26,33)(H,27,31)(H,28,32)(H,29,34)/t10-,14?/m0/s1. The summed E-state index contributed by atoms with van der Waals surface area (Å²) in [5, 5.41) is 9.29. The van der Waals surface area contributed by atoms with Gasteiger partial charge in [0.05, 0.1) is 17.3 Å². The number of carbonyl (C=O) groups excluding carboxylic acids is 5. The van der Waals surface area contributed by atoms with Gasteiger partial charge in [-0.2, -0.15) is 13.2 Å². The van der Waals surface area contributed by atoms with E-state index in [1.165, 1.54) is 19.2 Å². The molecule has 1 aromatic carbocycles. The van der Waals surface area contributed by atoms with Crippen LogP contribution in [0.4, 0.5) is 18.9 Å². The van der Waals surface area contributed by atoms with E-state index in [2.05, 4.69) is 21.3 Å². The van der Waals surface area contributed by atoms with E-state index in [-0.39, 0.29) is 41.4 Å². The molecule has 2 fully saturated rings. The van der Waals surface area contributed by atoms with Crippen LogP contribution < -0.4 is 21.3 Å². The molecule has 184 valence electrons. The number of halogens is 4. The van der Waals surface area contributed by atoms with Gasteiger partial charge in [-0.3, -0.25) is 24.0 Å². The van der Waals surface area contributed by atoms with Crippen LogP contribution in [0.15, 0.2) is 18.2 Å². The first-order valence-corrected chi connectivity index (χ1v) is 10.8. The Kier molecular flexibility index (Phi) is 7.20. The zero-order chi connectivity index (χ0) is 25.3. The van der Waals surface area contributed by atoms with Crippen LogP contribution in [-0.4, -0.2) is 55.2 Å². The molecule has 0 spiro atoms. The lowest BCUT2D eigenvalue weighted by Crippen LogP contribution is -2.48. The number of nitrogens with one attached hydrogen (secondary N) is 4. The van der Waals surface area contributed by atoms with Crippen molar-refractivity contribution in [1.29, 1.82) is 0 Å². The quantitative estimate of drug-likeness (QED) is 0.400. The number of carbonyl (C=O) groups is 5. The van der Waals surface area contributed by atoms with Crippen molar-refractivity contribution in [1.82, 2.24) is 16.0 Å². The second kappa shape index (κ2) is 9.61. The first-order chi connectivity index (χ1) is 15.9. The van der Waals surface area contributed by atoms with E-state index >= 15 is 0 Å². The largest absolute Gasteiger partial charge is 0.403 e. The number of ketones is 1. The third-order valence-corrected chi connectivity index (χ3v) is 6.19. The molecule has 4 amide bonds. The summed E-state index contributed by atoms with van der Waals surface area (Å²) in [6.07, 6.45) is -5.26. The minimum atomic E-state index is -4.75. The molecular weight excluding hydrogens is 481 g/mol. The van der Waals surface area contributed by atoms with Gasteiger partial charge in [-0.05, 0) is 43.9 Å². The van der Waals surface area contributed by atoms with Crippen LogP contribution >= 0.6 is 11.6 Å². The van der Waals surface area contributed by atoms with Crippen molar-refractivity contribution in [3.8, 4) is 0 Å². The maximum Gasteiger partial charge on any atom is 0.403 e. The van der Waals surface area contributed by atoms with Gasteiger partial charge in [-0.25, -0.2) is 0 Å². The molecule has 1 unspecified atom stereocenters. The molecular formula is C21H22ClF3N4O5. The van der Waals surface area contributed by atoms with Crippen LogP contribution in [0.25, 0.3) is 0 Å².